The summed E-state index contributed by atoms with van der Waals surface area (Å²) in [7, 11) is 0. The number of nitrogens with two attached hydrogens (primary N) is 4. The zero-order valence-corrected chi connectivity index (χ0v) is 22.2. The van der Waals surface area contributed by atoms with E-state index in [4.69, 9.17) is 43.4 Å². The third kappa shape index (κ3) is 12.3. The van der Waals surface area contributed by atoms with E-state index in [9.17, 15) is 48.3 Å². The Morgan fingerprint density at radius 1 is 0.500 bits per heavy atom. The molecule has 0 bridgehead atoms. The number of nitrogens with zero attached hydrogens (tertiary/aromatic N) is 2. The second kappa shape index (κ2) is 17.3. The molecule has 0 saturated carbocycles. The Hall–Kier alpha value is -4.53. The van der Waals surface area contributed by atoms with Crippen molar-refractivity contribution in [3.8, 4) is 0 Å². The summed E-state index contributed by atoms with van der Waals surface area (Å²) in [4.78, 5) is 107. The number of hydrogen-bond donors (Lipinski definition) is 9. The maximum absolute atomic E-state index is 12.8. The van der Waals surface area contributed by atoms with Gasteiger partial charge in [-0.05, 0) is 19.3 Å². The average Bonchev–Trinajstić information content (AvgIpc) is 2.84. The molecule has 0 radical (unpaired) electrons. The predicted molar refractivity (Wildman–Crippen MR) is 135 cm³/mol. The lowest BCUT2D eigenvalue weighted by Crippen LogP contribution is -2.58. The van der Waals surface area contributed by atoms with Gasteiger partial charge in [0.25, 0.3) is 0 Å². The third-order valence-electron chi connectivity index (χ3n) is 5.56. The van der Waals surface area contributed by atoms with Gasteiger partial charge in [0.1, 0.15) is 6.04 Å². The molecule has 0 heterocycles. The normalized spacial score (nSPS) is 14.4. The molecule has 0 aliphatic heterocycles. The topological polar surface area (TPSA) is 365 Å². The number of amides is 4. The number of hydrogen-bond acceptors (Lipinski definition) is 13. The Balaban J connectivity index is 6.02. The number of carboxylic acids is 5. The molecule has 0 aromatic heterocycles. The molecule has 0 fully saturated rings. The van der Waals surface area contributed by atoms with Crippen LogP contribution in [0.4, 0.5) is 0 Å². The monoisotopic (exact) mass is 606 g/mol. The van der Waals surface area contributed by atoms with E-state index in [2.05, 4.69) is 0 Å². The van der Waals surface area contributed by atoms with Crippen LogP contribution in [0, 0.1) is 0 Å². The molecular formula is C22H34N6O14. The maximum atomic E-state index is 12.8. The summed E-state index contributed by atoms with van der Waals surface area (Å²) < 4.78 is 0. The van der Waals surface area contributed by atoms with Gasteiger partial charge in [0, 0.05) is 6.54 Å². The lowest BCUT2D eigenvalue weighted by molar-refractivity contribution is -0.161. The van der Waals surface area contributed by atoms with E-state index < -0.39 is 122 Å². The minimum atomic E-state index is -2.05. The van der Waals surface area contributed by atoms with Gasteiger partial charge in [-0.2, -0.15) is 0 Å². The molecule has 0 unspecified atom stereocenters. The standard InChI is InChI=1S/C22H34N6O14/c23-9(5-14(29)30)18(37)27(19(38)10(24)6-15(31)32)4-2-1-3-13(22(41)42)28(20(39)11(25)7-16(33)34)21(40)12(26)8-17(35)36/h9-13H,1-8,23-26H2,(H,29,30)(H,31,32)(H,33,34)(H,35,36)(H,41,42)/t9-,10-,11-,12-,13-/m0/s1. The molecule has 0 aromatic rings. The number of carbonyl (C=O) groups is 9. The van der Waals surface area contributed by atoms with Crippen LogP contribution in [-0.4, -0.2) is 126 Å². The number of imide groups is 2. The van der Waals surface area contributed by atoms with Crippen LogP contribution < -0.4 is 22.9 Å². The van der Waals surface area contributed by atoms with Crippen molar-refractivity contribution >= 4 is 53.5 Å². The van der Waals surface area contributed by atoms with Gasteiger partial charge in [-0.3, -0.25) is 48.2 Å². The van der Waals surface area contributed by atoms with Crippen molar-refractivity contribution < 1.29 is 68.7 Å². The zero-order chi connectivity index (χ0) is 32.9. The Morgan fingerprint density at radius 2 is 0.810 bits per heavy atom. The van der Waals surface area contributed by atoms with E-state index in [1.165, 1.54) is 0 Å². The number of carboxylic acid groups (broad SMARTS) is 5. The molecule has 0 aromatic carbocycles. The van der Waals surface area contributed by atoms with Crippen LogP contribution in [0.5, 0.6) is 0 Å². The van der Waals surface area contributed by atoms with E-state index in [1.807, 2.05) is 0 Å². The van der Waals surface area contributed by atoms with Crippen LogP contribution in [0.1, 0.15) is 44.9 Å². The molecule has 5 atom stereocenters. The Kier molecular flexibility index (Phi) is 15.5. The average molecular weight is 607 g/mol. The van der Waals surface area contributed by atoms with Crippen molar-refractivity contribution in [1.82, 2.24) is 9.80 Å². The zero-order valence-electron chi connectivity index (χ0n) is 22.2. The first-order chi connectivity index (χ1) is 19.3. The highest BCUT2D eigenvalue weighted by molar-refractivity contribution is 6.05. The lowest BCUT2D eigenvalue weighted by Gasteiger charge is -2.31. The van der Waals surface area contributed by atoms with Gasteiger partial charge in [0.05, 0.1) is 49.9 Å². The molecule has 0 saturated heterocycles. The van der Waals surface area contributed by atoms with E-state index in [0.29, 0.717) is 4.90 Å². The number of carbonyl (C=O) groups excluding carboxylic acids is 4. The van der Waals surface area contributed by atoms with Crippen molar-refractivity contribution in [2.75, 3.05) is 6.54 Å². The summed E-state index contributed by atoms with van der Waals surface area (Å²) in [6.07, 6.45) is -4.97. The minimum Gasteiger partial charge on any atom is -0.481 e. The molecule has 42 heavy (non-hydrogen) atoms. The highest BCUT2D eigenvalue weighted by Gasteiger charge is 2.40. The van der Waals surface area contributed by atoms with Crippen LogP contribution in [0.25, 0.3) is 0 Å². The summed E-state index contributed by atoms with van der Waals surface area (Å²) in [5.74, 6) is -13.3. The molecule has 0 spiro atoms. The van der Waals surface area contributed by atoms with Crippen LogP contribution >= 0.6 is 0 Å². The highest BCUT2D eigenvalue weighted by atomic mass is 16.4. The molecular weight excluding hydrogens is 572 g/mol. The Bertz CT molecular complexity index is 1010. The van der Waals surface area contributed by atoms with Gasteiger partial charge >= 0.3 is 29.8 Å². The quantitative estimate of drug-likeness (QED) is 0.0625. The summed E-state index contributed by atoms with van der Waals surface area (Å²) in [6, 6.07) is -9.34. The lowest BCUT2D eigenvalue weighted by atomic mass is 10.0. The number of aliphatic carboxylic acids is 5. The third-order valence-corrected chi connectivity index (χ3v) is 5.56. The predicted octanol–water partition coefficient (Wildman–Crippen LogP) is -4.47. The van der Waals surface area contributed by atoms with Crippen LogP contribution in [-0.2, 0) is 43.2 Å². The smallest absolute Gasteiger partial charge is 0.326 e. The van der Waals surface area contributed by atoms with Gasteiger partial charge in [-0.1, -0.05) is 0 Å². The van der Waals surface area contributed by atoms with Gasteiger partial charge in [0.15, 0.2) is 0 Å². The van der Waals surface area contributed by atoms with Crippen LogP contribution in [0.2, 0.25) is 0 Å². The molecule has 0 rings (SSSR count). The van der Waals surface area contributed by atoms with Crippen molar-refractivity contribution in [1.29, 1.82) is 0 Å². The van der Waals surface area contributed by atoms with Crippen LogP contribution in [0.15, 0.2) is 0 Å². The summed E-state index contributed by atoms with van der Waals surface area (Å²) >= 11 is 0. The maximum Gasteiger partial charge on any atom is 0.326 e. The molecule has 20 heteroatoms. The van der Waals surface area contributed by atoms with E-state index in [-0.39, 0.29) is 17.7 Å². The molecule has 20 nitrogen and oxygen atoms in total. The summed E-state index contributed by atoms with van der Waals surface area (Å²) in [5, 5.41) is 45.4. The van der Waals surface area contributed by atoms with Crippen molar-refractivity contribution in [3.05, 3.63) is 0 Å². The fourth-order valence-electron chi connectivity index (χ4n) is 3.57. The van der Waals surface area contributed by atoms with Gasteiger partial charge in [-0.15, -0.1) is 0 Å². The first-order valence-electron chi connectivity index (χ1n) is 12.2. The number of rotatable bonds is 19. The molecule has 0 aliphatic carbocycles. The fraction of sp³-hybridized carbons (Fsp3) is 0.591. The molecule has 236 valence electrons. The highest BCUT2D eigenvalue weighted by Crippen LogP contribution is 2.16. The van der Waals surface area contributed by atoms with E-state index in [1.54, 1.807) is 0 Å². The summed E-state index contributed by atoms with van der Waals surface area (Å²) in [6.45, 7) is -0.566. The first kappa shape index (κ1) is 37.5. The van der Waals surface area contributed by atoms with E-state index >= 15 is 0 Å². The summed E-state index contributed by atoms with van der Waals surface area (Å²) in [5.41, 5.74) is 22.1. The van der Waals surface area contributed by atoms with Crippen LogP contribution in [0.3, 0.4) is 0 Å². The largest absolute Gasteiger partial charge is 0.481 e. The SMILES string of the molecule is N[C@@H](CC(=O)O)C(=O)N(CCCC[C@@H](C(=O)O)N(C(=O)[C@@H](N)CC(=O)O)C(=O)[C@@H](N)CC(=O)O)C(=O)[C@@H](N)CC(=O)O. The van der Waals surface area contributed by atoms with Crippen molar-refractivity contribution in [3.63, 3.8) is 0 Å². The van der Waals surface area contributed by atoms with Crippen molar-refractivity contribution in [2.45, 2.75) is 75.2 Å². The van der Waals surface area contributed by atoms with Gasteiger partial charge in [0.2, 0.25) is 23.6 Å². The second-order valence-electron chi connectivity index (χ2n) is 9.04. The van der Waals surface area contributed by atoms with Gasteiger partial charge < -0.3 is 48.5 Å². The molecule has 4 amide bonds. The number of unbranched alkanes of at least 4 members (excludes halogenated alkanes) is 1. The fourth-order valence-corrected chi connectivity index (χ4v) is 3.57. The van der Waals surface area contributed by atoms with Crippen molar-refractivity contribution in [2.24, 2.45) is 22.9 Å². The first-order valence-corrected chi connectivity index (χ1v) is 12.2. The Labute approximate surface area is 237 Å². The molecule has 0 aliphatic rings. The molecule has 13 N–H and O–H groups in total. The second-order valence-corrected chi connectivity index (χ2v) is 9.04. The minimum absolute atomic E-state index is 0.0587. The van der Waals surface area contributed by atoms with E-state index in [0.717, 1.165) is 0 Å². The van der Waals surface area contributed by atoms with Gasteiger partial charge in [-0.25, -0.2) is 4.79 Å². The Morgan fingerprint density at radius 3 is 1.10 bits per heavy atom.